The highest BCUT2D eigenvalue weighted by atomic mass is 16.2. The van der Waals surface area contributed by atoms with Crippen molar-refractivity contribution in [3.8, 4) is 0 Å². The van der Waals surface area contributed by atoms with E-state index in [1.165, 1.54) is 0 Å². The van der Waals surface area contributed by atoms with Crippen LogP contribution in [-0.4, -0.2) is 17.9 Å². The summed E-state index contributed by atoms with van der Waals surface area (Å²) in [4.78, 5) is 23.0. The Kier molecular flexibility index (Phi) is 5.51. The minimum atomic E-state index is -0.563. The number of anilines is 1. The van der Waals surface area contributed by atoms with Crippen LogP contribution in [0.4, 0.5) is 5.69 Å². The summed E-state index contributed by atoms with van der Waals surface area (Å²) in [7, 11) is 0. The zero-order valence-electron chi connectivity index (χ0n) is 11.3. The third kappa shape index (κ3) is 4.37. The fraction of sp³-hybridized carbons (Fsp3) is 0.429. The van der Waals surface area contributed by atoms with Gasteiger partial charge in [0.2, 0.25) is 11.8 Å². The van der Waals surface area contributed by atoms with E-state index in [0.717, 1.165) is 6.42 Å². The Bertz CT molecular complexity index is 460. The Balaban J connectivity index is 2.81. The summed E-state index contributed by atoms with van der Waals surface area (Å²) in [5.41, 5.74) is 12.3. The zero-order chi connectivity index (χ0) is 14.4. The number of primary amides is 1. The molecule has 5 heteroatoms. The van der Waals surface area contributed by atoms with E-state index >= 15 is 0 Å². The molecule has 0 saturated heterocycles. The van der Waals surface area contributed by atoms with Crippen molar-refractivity contribution < 1.29 is 9.59 Å². The van der Waals surface area contributed by atoms with Crippen molar-refractivity contribution in [2.24, 2.45) is 17.4 Å². The van der Waals surface area contributed by atoms with Crippen molar-refractivity contribution in [2.45, 2.75) is 32.7 Å². The Morgan fingerprint density at radius 2 is 1.95 bits per heavy atom. The maximum absolute atomic E-state index is 12.0. The number of amides is 2. The standard InChI is InChI=1S/C14H21N3O2/c1-3-9(2)13(16)14(19)17-11-7-5-4-6-10(11)8-12(15)18/h4-7,9,13H,3,8,16H2,1-2H3,(H2,15,18)(H,17,19)/t9-,13-/m0/s1. The summed E-state index contributed by atoms with van der Waals surface area (Å²) in [6, 6.07) is 6.51. The molecule has 5 N–H and O–H groups in total. The van der Waals surface area contributed by atoms with Crippen molar-refractivity contribution in [2.75, 3.05) is 5.32 Å². The first-order valence-electron chi connectivity index (χ1n) is 6.38. The van der Waals surface area contributed by atoms with Gasteiger partial charge >= 0.3 is 0 Å². The highest BCUT2D eigenvalue weighted by Gasteiger charge is 2.20. The number of para-hydroxylation sites is 1. The number of rotatable bonds is 6. The van der Waals surface area contributed by atoms with Gasteiger partial charge in [0.25, 0.3) is 0 Å². The largest absolute Gasteiger partial charge is 0.369 e. The van der Waals surface area contributed by atoms with Gasteiger partial charge in [-0.25, -0.2) is 0 Å². The van der Waals surface area contributed by atoms with Gasteiger partial charge in [-0.05, 0) is 17.5 Å². The molecule has 1 aromatic carbocycles. The smallest absolute Gasteiger partial charge is 0.241 e. The van der Waals surface area contributed by atoms with E-state index in [1.54, 1.807) is 24.3 Å². The van der Waals surface area contributed by atoms with Crippen molar-refractivity contribution in [1.82, 2.24) is 0 Å². The quantitative estimate of drug-likeness (QED) is 0.714. The molecular weight excluding hydrogens is 242 g/mol. The molecular formula is C14H21N3O2. The van der Waals surface area contributed by atoms with Crippen molar-refractivity contribution in [3.05, 3.63) is 29.8 Å². The van der Waals surface area contributed by atoms with Crippen molar-refractivity contribution in [1.29, 1.82) is 0 Å². The number of hydrogen-bond donors (Lipinski definition) is 3. The first-order chi connectivity index (χ1) is 8.95. The fourth-order valence-corrected chi connectivity index (χ4v) is 1.71. The fourth-order valence-electron chi connectivity index (χ4n) is 1.71. The minimum absolute atomic E-state index is 0.0923. The molecule has 0 unspecified atom stereocenters. The van der Waals surface area contributed by atoms with Crippen LogP contribution < -0.4 is 16.8 Å². The van der Waals surface area contributed by atoms with Crippen LogP contribution in [0.25, 0.3) is 0 Å². The monoisotopic (exact) mass is 263 g/mol. The van der Waals surface area contributed by atoms with Crippen LogP contribution in [0.15, 0.2) is 24.3 Å². The van der Waals surface area contributed by atoms with Gasteiger partial charge in [0.15, 0.2) is 0 Å². The maximum Gasteiger partial charge on any atom is 0.241 e. The third-order valence-electron chi connectivity index (χ3n) is 3.20. The van der Waals surface area contributed by atoms with Crippen molar-refractivity contribution >= 4 is 17.5 Å². The molecule has 1 aromatic rings. The summed E-state index contributed by atoms with van der Waals surface area (Å²) in [6.45, 7) is 3.92. The van der Waals surface area contributed by atoms with Crippen LogP contribution in [0.3, 0.4) is 0 Å². The molecule has 5 nitrogen and oxygen atoms in total. The highest BCUT2D eigenvalue weighted by molar-refractivity contribution is 5.96. The Labute approximate surface area is 113 Å². The molecule has 0 fully saturated rings. The van der Waals surface area contributed by atoms with E-state index in [9.17, 15) is 9.59 Å². The predicted octanol–water partition coefficient (Wildman–Crippen LogP) is 1.03. The number of carbonyl (C=O) groups excluding carboxylic acids is 2. The molecule has 2 amide bonds. The number of benzene rings is 1. The summed E-state index contributed by atoms with van der Waals surface area (Å²) >= 11 is 0. The van der Waals surface area contributed by atoms with E-state index in [-0.39, 0.29) is 18.2 Å². The lowest BCUT2D eigenvalue weighted by Gasteiger charge is -2.18. The molecule has 19 heavy (non-hydrogen) atoms. The van der Waals surface area contributed by atoms with Crippen LogP contribution in [-0.2, 0) is 16.0 Å². The van der Waals surface area contributed by atoms with E-state index in [2.05, 4.69) is 5.32 Å². The van der Waals surface area contributed by atoms with E-state index in [4.69, 9.17) is 11.5 Å². The summed E-state index contributed by atoms with van der Waals surface area (Å²) in [5, 5.41) is 2.76. The SMILES string of the molecule is CC[C@H](C)[C@H](N)C(=O)Nc1ccccc1CC(N)=O. The predicted molar refractivity (Wildman–Crippen MR) is 75.4 cm³/mol. The number of carbonyl (C=O) groups is 2. The first kappa shape index (κ1) is 15.2. The lowest BCUT2D eigenvalue weighted by molar-refractivity contribution is -0.119. The van der Waals surface area contributed by atoms with Gasteiger partial charge in [-0.3, -0.25) is 9.59 Å². The zero-order valence-corrected chi connectivity index (χ0v) is 11.3. The lowest BCUT2D eigenvalue weighted by atomic mass is 9.99. The average molecular weight is 263 g/mol. The van der Waals surface area contributed by atoms with Crippen LogP contribution in [0.2, 0.25) is 0 Å². The highest BCUT2D eigenvalue weighted by Crippen LogP contribution is 2.17. The third-order valence-corrected chi connectivity index (χ3v) is 3.20. The molecule has 0 aromatic heterocycles. The molecule has 0 saturated carbocycles. The maximum atomic E-state index is 12.0. The molecule has 2 atom stereocenters. The van der Waals surface area contributed by atoms with Crippen molar-refractivity contribution in [3.63, 3.8) is 0 Å². The number of hydrogen-bond acceptors (Lipinski definition) is 3. The van der Waals surface area contributed by atoms with Crippen LogP contribution >= 0.6 is 0 Å². The van der Waals surface area contributed by atoms with Crippen LogP contribution in [0.1, 0.15) is 25.8 Å². The van der Waals surface area contributed by atoms with Gasteiger partial charge in [-0.2, -0.15) is 0 Å². The van der Waals surface area contributed by atoms with Gasteiger partial charge in [-0.15, -0.1) is 0 Å². The molecule has 1 rings (SSSR count). The second-order valence-corrected chi connectivity index (χ2v) is 4.70. The molecule has 0 aliphatic heterocycles. The van der Waals surface area contributed by atoms with Crippen LogP contribution in [0, 0.1) is 5.92 Å². The lowest BCUT2D eigenvalue weighted by Crippen LogP contribution is -2.40. The molecule has 0 aliphatic rings. The molecule has 0 aliphatic carbocycles. The minimum Gasteiger partial charge on any atom is -0.369 e. The first-order valence-corrected chi connectivity index (χ1v) is 6.38. The average Bonchev–Trinajstić information content (AvgIpc) is 2.38. The Morgan fingerprint density at radius 1 is 1.32 bits per heavy atom. The molecule has 104 valence electrons. The normalized spacial score (nSPS) is 13.6. The molecule has 0 spiro atoms. The van der Waals surface area contributed by atoms with Gasteiger partial charge in [-0.1, -0.05) is 38.5 Å². The number of nitrogens with one attached hydrogen (secondary N) is 1. The van der Waals surface area contributed by atoms with Gasteiger partial charge < -0.3 is 16.8 Å². The molecule has 0 bridgehead atoms. The molecule has 0 radical (unpaired) electrons. The summed E-state index contributed by atoms with van der Waals surface area (Å²) < 4.78 is 0. The Morgan fingerprint density at radius 3 is 2.53 bits per heavy atom. The van der Waals surface area contributed by atoms with E-state index < -0.39 is 11.9 Å². The van der Waals surface area contributed by atoms with Gasteiger partial charge in [0.05, 0.1) is 12.5 Å². The molecule has 0 heterocycles. The second kappa shape index (κ2) is 6.89. The van der Waals surface area contributed by atoms with Gasteiger partial charge in [0, 0.05) is 5.69 Å². The van der Waals surface area contributed by atoms with Crippen LogP contribution in [0.5, 0.6) is 0 Å². The summed E-state index contributed by atoms with van der Waals surface area (Å²) in [6.07, 6.45) is 0.923. The van der Waals surface area contributed by atoms with Gasteiger partial charge in [0.1, 0.15) is 0 Å². The van der Waals surface area contributed by atoms with E-state index in [0.29, 0.717) is 11.3 Å². The van der Waals surface area contributed by atoms with E-state index in [1.807, 2.05) is 13.8 Å². The topological polar surface area (TPSA) is 98.2 Å². The second-order valence-electron chi connectivity index (χ2n) is 4.70. The Hall–Kier alpha value is -1.88. The summed E-state index contributed by atoms with van der Waals surface area (Å²) in [5.74, 6) is -0.581. The number of nitrogens with two attached hydrogens (primary N) is 2.